The molecule has 0 saturated heterocycles. The van der Waals surface area contributed by atoms with Gasteiger partial charge in [0.05, 0.1) is 6.54 Å². The minimum atomic E-state index is 0.504. The van der Waals surface area contributed by atoms with Crippen LogP contribution < -0.4 is 21.3 Å². The lowest BCUT2D eigenvalue weighted by Crippen LogP contribution is -2.35. The highest BCUT2D eigenvalue weighted by molar-refractivity contribution is 5.80. The van der Waals surface area contributed by atoms with Gasteiger partial charge in [0.15, 0.2) is 0 Å². The van der Waals surface area contributed by atoms with Crippen molar-refractivity contribution in [1.82, 2.24) is 21.3 Å². The van der Waals surface area contributed by atoms with Crippen LogP contribution in [0.2, 0.25) is 0 Å². The Kier molecular flexibility index (Phi) is 7.87. The lowest BCUT2D eigenvalue weighted by atomic mass is 10.4. The van der Waals surface area contributed by atoms with E-state index in [0.717, 1.165) is 25.3 Å². The number of hydrogen-bond donors (Lipinski definition) is 5. The van der Waals surface area contributed by atoms with E-state index in [1.165, 1.54) is 0 Å². The molecule has 0 fully saturated rings. The first-order valence-electron chi connectivity index (χ1n) is 4.72. The third-order valence-corrected chi connectivity index (χ3v) is 1.77. The van der Waals surface area contributed by atoms with Crippen LogP contribution in [0.1, 0.15) is 0 Å². The Morgan fingerprint density at radius 3 is 2.14 bits per heavy atom. The predicted octanol–water partition coefficient (Wildman–Crippen LogP) is -0.905. The molecule has 0 spiro atoms. The molecule has 5 nitrogen and oxygen atoms in total. The summed E-state index contributed by atoms with van der Waals surface area (Å²) in [6.07, 6.45) is 0. The first-order chi connectivity index (χ1) is 6.70. The minimum absolute atomic E-state index is 0.504. The zero-order valence-electron chi connectivity index (χ0n) is 9.04. The van der Waals surface area contributed by atoms with Crippen molar-refractivity contribution in [3.8, 4) is 0 Å². The van der Waals surface area contributed by atoms with Crippen LogP contribution >= 0.6 is 0 Å². The van der Waals surface area contributed by atoms with Gasteiger partial charge in [-0.25, -0.2) is 0 Å². The highest BCUT2D eigenvalue weighted by atomic mass is 15.0. The minimum Gasteiger partial charge on any atom is -0.391 e. The van der Waals surface area contributed by atoms with Gasteiger partial charge in [-0.15, -0.1) is 0 Å². The van der Waals surface area contributed by atoms with Crippen molar-refractivity contribution < 1.29 is 0 Å². The molecule has 0 unspecified atom stereocenters. The van der Waals surface area contributed by atoms with Gasteiger partial charge >= 0.3 is 0 Å². The molecule has 0 aromatic carbocycles. The van der Waals surface area contributed by atoms with Gasteiger partial charge < -0.3 is 21.3 Å². The summed E-state index contributed by atoms with van der Waals surface area (Å²) in [5.41, 5.74) is 0.980. The Labute approximate surface area is 85.9 Å². The normalized spacial score (nSPS) is 9.57. The summed E-state index contributed by atoms with van der Waals surface area (Å²) in [6, 6.07) is 0. The van der Waals surface area contributed by atoms with E-state index in [9.17, 15) is 0 Å². The van der Waals surface area contributed by atoms with Gasteiger partial charge in [-0.05, 0) is 0 Å². The molecule has 0 aliphatic rings. The first-order valence-corrected chi connectivity index (χ1v) is 4.72. The van der Waals surface area contributed by atoms with Crippen molar-refractivity contribution in [3.63, 3.8) is 0 Å². The van der Waals surface area contributed by atoms with Crippen molar-refractivity contribution in [1.29, 1.82) is 5.41 Å². The van der Waals surface area contributed by atoms with E-state index in [-0.39, 0.29) is 0 Å². The molecular formula is C9H21N5. The standard InChI is InChI=1S/C9H21N5/c1-8(11-2)6-13-4-5-14-7-9(10)12-3/h11,13-14H,1,4-7H2,2-3H3,(H2,10,12). The lowest BCUT2D eigenvalue weighted by molar-refractivity contribution is 0.652. The predicted molar refractivity (Wildman–Crippen MR) is 60.7 cm³/mol. The van der Waals surface area contributed by atoms with Gasteiger partial charge in [0, 0.05) is 39.4 Å². The Balaban J connectivity index is 3.14. The Bertz CT molecular complexity index is 158. The molecule has 5 N–H and O–H groups in total. The summed E-state index contributed by atoms with van der Waals surface area (Å²) < 4.78 is 0. The largest absolute Gasteiger partial charge is 0.391 e. The van der Waals surface area contributed by atoms with Gasteiger partial charge in [0.1, 0.15) is 5.84 Å². The van der Waals surface area contributed by atoms with Crippen LogP contribution in [0.4, 0.5) is 0 Å². The molecule has 0 aliphatic carbocycles. The number of amidine groups is 1. The van der Waals surface area contributed by atoms with E-state index in [2.05, 4.69) is 27.8 Å². The highest BCUT2D eigenvalue weighted by Gasteiger charge is 1.92. The second kappa shape index (κ2) is 8.52. The van der Waals surface area contributed by atoms with Crippen molar-refractivity contribution >= 4 is 5.84 Å². The summed E-state index contributed by atoms with van der Waals surface area (Å²) in [5.74, 6) is 0.504. The maximum Gasteiger partial charge on any atom is 0.107 e. The first kappa shape index (κ1) is 12.9. The maximum absolute atomic E-state index is 7.30. The number of hydrogen-bond acceptors (Lipinski definition) is 4. The maximum atomic E-state index is 7.30. The highest BCUT2D eigenvalue weighted by Crippen LogP contribution is 1.75. The molecule has 0 rings (SSSR count). The molecule has 0 aliphatic heterocycles. The third-order valence-electron chi connectivity index (χ3n) is 1.77. The van der Waals surface area contributed by atoms with Gasteiger partial charge in [-0.2, -0.15) is 0 Å². The third kappa shape index (κ3) is 7.57. The van der Waals surface area contributed by atoms with Crippen molar-refractivity contribution in [3.05, 3.63) is 12.3 Å². The molecule has 5 heteroatoms. The zero-order chi connectivity index (χ0) is 10.8. The SMILES string of the molecule is C=C(CNCCNCC(=N)NC)NC. The van der Waals surface area contributed by atoms with Crippen LogP contribution in [-0.2, 0) is 0 Å². The average molecular weight is 199 g/mol. The molecule has 0 heterocycles. The molecule has 0 saturated carbocycles. The van der Waals surface area contributed by atoms with Crippen LogP contribution in [0, 0.1) is 5.41 Å². The van der Waals surface area contributed by atoms with Crippen LogP contribution in [0.25, 0.3) is 0 Å². The Morgan fingerprint density at radius 2 is 1.64 bits per heavy atom. The molecule has 0 atom stereocenters. The smallest absolute Gasteiger partial charge is 0.107 e. The van der Waals surface area contributed by atoms with Crippen LogP contribution in [0.15, 0.2) is 12.3 Å². The summed E-state index contributed by atoms with van der Waals surface area (Å²) >= 11 is 0. The summed E-state index contributed by atoms with van der Waals surface area (Å²) in [7, 11) is 3.61. The van der Waals surface area contributed by atoms with E-state index in [1.807, 2.05) is 7.05 Å². The van der Waals surface area contributed by atoms with E-state index < -0.39 is 0 Å². The van der Waals surface area contributed by atoms with Crippen molar-refractivity contribution in [2.45, 2.75) is 0 Å². The second-order valence-corrected chi connectivity index (χ2v) is 2.94. The van der Waals surface area contributed by atoms with Gasteiger partial charge in [0.25, 0.3) is 0 Å². The molecule has 0 aromatic heterocycles. The molecule has 82 valence electrons. The lowest BCUT2D eigenvalue weighted by Gasteiger charge is -2.08. The Hall–Kier alpha value is -1.07. The van der Waals surface area contributed by atoms with Crippen LogP contribution in [0.5, 0.6) is 0 Å². The van der Waals surface area contributed by atoms with Crippen molar-refractivity contribution in [2.24, 2.45) is 0 Å². The fraction of sp³-hybridized carbons (Fsp3) is 0.667. The van der Waals surface area contributed by atoms with E-state index >= 15 is 0 Å². The fourth-order valence-corrected chi connectivity index (χ4v) is 0.806. The summed E-state index contributed by atoms with van der Waals surface area (Å²) in [6.45, 7) is 6.88. The number of nitrogens with one attached hydrogen (secondary N) is 5. The van der Waals surface area contributed by atoms with Gasteiger partial charge in [0.2, 0.25) is 0 Å². The summed E-state index contributed by atoms with van der Waals surface area (Å²) in [4.78, 5) is 0. The van der Waals surface area contributed by atoms with Gasteiger partial charge in [-0.3, -0.25) is 5.41 Å². The monoisotopic (exact) mass is 199 g/mol. The Morgan fingerprint density at radius 1 is 1.07 bits per heavy atom. The van der Waals surface area contributed by atoms with E-state index in [0.29, 0.717) is 12.4 Å². The average Bonchev–Trinajstić information content (AvgIpc) is 2.22. The molecule has 0 aromatic rings. The molecular weight excluding hydrogens is 178 g/mol. The molecule has 0 amide bonds. The zero-order valence-corrected chi connectivity index (χ0v) is 9.04. The van der Waals surface area contributed by atoms with Gasteiger partial charge in [-0.1, -0.05) is 6.58 Å². The van der Waals surface area contributed by atoms with E-state index in [4.69, 9.17) is 5.41 Å². The second-order valence-electron chi connectivity index (χ2n) is 2.94. The molecule has 0 radical (unpaired) electrons. The number of rotatable bonds is 8. The van der Waals surface area contributed by atoms with Crippen LogP contribution in [-0.4, -0.2) is 46.1 Å². The molecule has 0 bridgehead atoms. The molecule has 14 heavy (non-hydrogen) atoms. The van der Waals surface area contributed by atoms with E-state index in [1.54, 1.807) is 7.05 Å². The van der Waals surface area contributed by atoms with Crippen LogP contribution in [0.3, 0.4) is 0 Å². The van der Waals surface area contributed by atoms with Crippen molar-refractivity contribution in [2.75, 3.05) is 40.3 Å². The summed E-state index contributed by atoms with van der Waals surface area (Å²) in [5, 5.41) is 19.4. The number of likely N-dealkylation sites (N-methyl/N-ethyl adjacent to an activating group) is 2. The quantitative estimate of drug-likeness (QED) is 0.199. The fourth-order valence-electron chi connectivity index (χ4n) is 0.806. The topological polar surface area (TPSA) is 72.0 Å².